The third kappa shape index (κ3) is 6.75. The van der Waals surface area contributed by atoms with Crippen LogP contribution in [0.15, 0.2) is 72.8 Å². The highest BCUT2D eigenvalue weighted by atomic mass is 35.5. The molecule has 4 heteroatoms. The van der Waals surface area contributed by atoms with Crippen LogP contribution in [-0.4, -0.2) is 25.5 Å². The Labute approximate surface area is 192 Å². The van der Waals surface area contributed by atoms with E-state index in [1.54, 1.807) is 0 Å². The lowest BCUT2D eigenvalue weighted by atomic mass is 9.83. The summed E-state index contributed by atoms with van der Waals surface area (Å²) in [6.07, 6.45) is 3.59. The van der Waals surface area contributed by atoms with Gasteiger partial charge in [0.05, 0.1) is 0 Å². The molecule has 0 N–H and O–H groups in total. The Morgan fingerprint density at radius 2 is 1.42 bits per heavy atom. The predicted octanol–water partition coefficient (Wildman–Crippen LogP) is 5.93. The summed E-state index contributed by atoms with van der Waals surface area (Å²) in [5.41, 5.74) is 5.25. The van der Waals surface area contributed by atoms with E-state index in [4.69, 9.17) is 9.47 Å². The van der Waals surface area contributed by atoms with Gasteiger partial charge in [-0.2, -0.15) is 0 Å². The number of aryl methyl sites for hydroxylation is 1. The van der Waals surface area contributed by atoms with E-state index in [2.05, 4.69) is 61.5 Å². The van der Waals surface area contributed by atoms with E-state index in [9.17, 15) is 0 Å². The number of nitrogens with zero attached hydrogens (tertiary/aromatic N) is 1. The van der Waals surface area contributed by atoms with Gasteiger partial charge in [0.2, 0.25) is 0 Å². The summed E-state index contributed by atoms with van der Waals surface area (Å²) < 4.78 is 11.9. The van der Waals surface area contributed by atoms with Gasteiger partial charge in [0.25, 0.3) is 0 Å². The molecule has 0 radical (unpaired) electrons. The van der Waals surface area contributed by atoms with E-state index < -0.39 is 0 Å². The number of rotatable bonds is 8. The SMILES string of the molecule is CN(C)CC1CCc2cc(OCc3ccc(OCc4ccccc4)cc3)ccc2C1.Cl. The first-order chi connectivity index (χ1) is 14.7. The summed E-state index contributed by atoms with van der Waals surface area (Å²) >= 11 is 0. The van der Waals surface area contributed by atoms with E-state index in [0.29, 0.717) is 13.2 Å². The summed E-state index contributed by atoms with van der Waals surface area (Å²) in [4.78, 5) is 2.30. The minimum Gasteiger partial charge on any atom is -0.489 e. The Bertz CT molecular complexity index is 941. The fourth-order valence-corrected chi connectivity index (χ4v) is 4.16. The lowest BCUT2D eigenvalue weighted by molar-refractivity contribution is 0.296. The summed E-state index contributed by atoms with van der Waals surface area (Å²) in [6, 6.07) is 25.0. The molecule has 0 bridgehead atoms. The number of hydrogen-bond donors (Lipinski definition) is 0. The van der Waals surface area contributed by atoms with Crippen molar-refractivity contribution >= 4 is 12.4 Å². The van der Waals surface area contributed by atoms with E-state index in [1.807, 2.05) is 30.3 Å². The van der Waals surface area contributed by atoms with Gasteiger partial charge in [-0.15, -0.1) is 12.4 Å². The second kappa shape index (κ2) is 11.2. The van der Waals surface area contributed by atoms with Crippen LogP contribution in [0.2, 0.25) is 0 Å². The lowest BCUT2D eigenvalue weighted by Crippen LogP contribution is -2.26. The van der Waals surface area contributed by atoms with Crippen LogP contribution in [0, 0.1) is 5.92 Å². The summed E-state index contributed by atoms with van der Waals surface area (Å²) in [5, 5.41) is 0. The Morgan fingerprint density at radius 1 is 0.774 bits per heavy atom. The Morgan fingerprint density at radius 3 is 2.13 bits per heavy atom. The molecule has 0 saturated carbocycles. The molecule has 3 nitrogen and oxygen atoms in total. The van der Waals surface area contributed by atoms with E-state index in [0.717, 1.165) is 29.4 Å². The second-order valence-corrected chi connectivity index (χ2v) is 8.51. The quantitative estimate of drug-likeness (QED) is 0.435. The van der Waals surface area contributed by atoms with Crippen molar-refractivity contribution in [2.24, 2.45) is 5.92 Å². The van der Waals surface area contributed by atoms with Crippen molar-refractivity contribution in [2.75, 3.05) is 20.6 Å². The number of hydrogen-bond acceptors (Lipinski definition) is 3. The molecule has 0 amide bonds. The van der Waals surface area contributed by atoms with Crippen LogP contribution in [0.5, 0.6) is 11.5 Å². The van der Waals surface area contributed by atoms with E-state index >= 15 is 0 Å². The fourth-order valence-electron chi connectivity index (χ4n) is 4.16. The molecule has 3 aromatic rings. The van der Waals surface area contributed by atoms with Crippen molar-refractivity contribution in [2.45, 2.75) is 32.5 Å². The van der Waals surface area contributed by atoms with Gasteiger partial charge in [0.1, 0.15) is 24.7 Å². The molecule has 1 atom stereocenters. The average molecular weight is 438 g/mol. The first-order valence-electron chi connectivity index (χ1n) is 10.8. The summed E-state index contributed by atoms with van der Waals surface area (Å²) in [5.74, 6) is 2.61. The lowest BCUT2D eigenvalue weighted by Gasteiger charge is -2.27. The largest absolute Gasteiger partial charge is 0.489 e. The molecular formula is C27H32ClNO2. The third-order valence-electron chi connectivity index (χ3n) is 5.71. The van der Waals surface area contributed by atoms with Gasteiger partial charge in [0, 0.05) is 6.54 Å². The molecule has 4 rings (SSSR count). The molecule has 31 heavy (non-hydrogen) atoms. The highest BCUT2D eigenvalue weighted by molar-refractivity contribution is 5.85. The van der Waals surface area contributed by atoms with Gasteiger partial charge in [-0.05, 0) is 85.8 Å². The summed E-state index contributed by atoms with van der Waals surface area (Å²) in [6.45, 7) is 2.32. The first kappa shape index (κ1) is 23.2. The maximum Gasteiger partial charge on any atom is 0.120 e. The number of benzene rings is 3. The minimum atomic E-state index is 0. The highest BCUT2D eigenvalue weighted by Gasteiger charge is 2.19. The molecule has 164 valence electrons. The molecule has 3 aromatic carbocycles. The Balaban J connectivity index is 0.00000272. The monoisotopic (exact) mass is 437 g/mol. The average Bonchev–Trinajstić information content (AvgIpc) is 2.77. The maximum absolute atomic E-state index is 6.07. The molecule has 1 aliphatic carbocycles. The van der Waals surface area contributed by atoms with E-state index in [1.165, 1.54) is 36.1 Å². The van der Waals surface area contributed by atoms with Crippen molar-refractivity contribution in [3.05, 3.63) is 95.1 Å². The van der Waals surface area contributed by atoms with Crippen molar-refractivity contribution in [3.8, 4) is 11.5 Å². The van der Waals surface area contributed by atoms with Crippen LogP contribution >= 0.6 is 12.4 Å². The van der Waals surface area contributed by atoms with Gasteiger partial charge >= 0.3 is 0 Å². The zero-order chi connectivity index (χ0) is 20.8. The zero-order valence-corrected chi connectivity index (χ0v) is 19.2. The van der Waals surface area contributed by atoms with Crippen LogP contribution in [-0.2, 0) is 26.1 Å². The predicted molar refractivity (Wildman–Crippen MR) is 129 cm³/mol. The van der Waals surface area contributed by atoms with Crippen molar-refractivity contribution < 1.29 is 9.47 Å². The number of halogens is 1. The smallest absolute Gasteiger partial charge is 0.120 e. The molecule has 0 spiro atoms. The fraction of sp³-hybridized carbons (Fsp3) is 0.333. The number of fused-ring (bicyclic) bond motifs is 1. The second-order valence-electron chi connectivity index (χ2n) is 8.51. The molecule has 1 unspecified atom stereocenters. The van der Waals surface area contributed by atoms with Crippen LogP contribution in [0.25, 0.3) is 0 Å². The zero-order valence-electron chi connectivity index (χ0n) is 18.4. The van der Waals surface area contributed by atoms with Gasteiger partial charge in [-0.25, -0.2) is 0 Å². The van der Waals surface area contributed by atoms with Gasteiger partial charge < -0.3 is 14.4 Å². The van der Waals surface area contributed by atoms with Crippen molar-refractivity contribution in [1.82, 2.24) is 4.90 Å². The van der Waals surface area contributed by atoms with Crippen molar-refractivity contribution in [1.29, 1.82) is 0 Å². The molecule has 0 aliphatic heterocycles. The Hall–Kier alpha value is -2.49. The summed E-state index contributed by atoms with van der Waals surface area (Å²) in [7, 11) is 4.32. The molecule has 0 fully saturated rings. The first-order valence-corrected chi connectivity index (χ1v) is 10.8. The van der Waals surface area contributed by atoms with Crippen LogP contribution < -0.4 is 9.47 Å². The maximum atomic E-state index is 6.07. The van der Waals surface area contributed by atoms with Gasteiger partial charge in [0.15, 0.2) is 0 Å². The molecule has 0 heterocycles. The van der Waals surface area contributed by atoms with Gasteiger partial charge in [-0.3, -0.25) is 0 Å². The topological polar surface area (TPSA) is 21.7 Å². The minimum absolute atomic E-state index is 0. The van der Waals surface area contributed by atoms with Crippen LogP contribution in [0.4, 0.5) is 0 Å². The third-order valence-corrected chi connectivity index (χ3v) is 5.71. The standard InChI is InChI=1S/C27H31NO2.ClH/c1-28(2)18-23-8-11-25-17-27(15-12-24(25)16-23)30-20-22-9-13-26(14-10-22)29-19-21-6-4-3-5-7-21;/h3-7,9-10,12-15,17,23H,8,11,16,18-20H2,1-2H3;1H. The van der Waals surface area contributed by atoms with E-state index in [-0.39, 0.29) is 12.4 Å². The number of ether oxygens (including phenoxy) is 2. The highest BCUT2D eigenvalue weighted by Crippen LogP contribution is 2.29. The van der Waals surface area contributed by atoms with Gasteiger partial charge in [-0.1, -0.05) is 48.5 Å². The van der Waals surface area contributed by atoms with Crippen molar-refractivity contribution in [3.63, 3.8) is 0 Å². The van der Waals surface area contributed by atoms with Crippen LogP contribution in [0.3, 0.4) is 0 Å². The van der Waals surface area contributed by atoms with Crippen LogP contribution in [0.1, 0.15) is 28.7 Å². The molecular weight excluding hydrogens is 406 g/mol. The molecule has 1 aliphatic rings. The molecule has 0 aromatic heterocycles. The Kier molecular flexibility index (Phi) is 8.39. The normalized spacial score (nSPS) is 15.1. The molecule has 0 saturated heterocycles.